The number of piperidine rings is 1. The molecule has 0 bridgehead atoms. The monoisotopic (exact) mass is 418 g/mol. The first kappa shape index (κ1) is 20.7. The summed E-state index contributed by atoms with van der Waals surface area (Å²) in [6.07, 6.45) is 5.21. The maximum Gasteiger partial charge on any atom is 0.257 e. The van der Waals surface area contributed by atoms with Crippen LogP contribution in [0.4, 0.5) is 0 Å². The number of amides is 1. The van der Waals surface area contributed by atoms with Gasteiger partial charge >= 0.3 is 0 Å². The van der Waals surface area contributed by atoms with Gasteiger partial charge in [0, 0.05) is 31.1 Å². The van der Waals surface area contributed by atoms with Crippen molar-refractivity contribution in [2.24, 2.45) is 17.8 Å². The molecule has 2 N–H and O–H groups in total. The fourth-order valence-electron chi connectivity index (χ4n) is 6.06. The number of fused-ring (bicyclic) bond motifs is 1. The van der Waals surface area contributed by atoms with Gasteiger partial charge in [-0.2, -0.15) is 0 Å². The highest BCUT2D eigenvalue weighted by Gasteiger charge is 2.58. The maximum absolute atomic E-state index is 13.5. The van der Waals surface area contributed by atoms with E-state index in [0.29, 0.717) is 17.9 Å². The molecule has 2 aliphatic carbocycles. The lowest BCUT2D eigenvalue weighted by molar-refractivity contribution is -0.149. The molecule has 0 spiro atoms. The molecule has 0 aromatic heterocycles. The summed E-state index contributed by atoms with van der Waals surface area (Å²) in [7, 11) is 0. The molecule has 1 saturated heterocycles. The van der Waals surface area contributed by atoms with Crippen LogP contribution >= 0.6 is 0 Å². The maximum atomic E-state index is 13.5. The van der Waals surface area contributed by atoms with E-state index in [0.717, 1.165) is 44.3 Å². The first-order valence-corrected chi connectivity index (χ1v) is 12.0. The van der Waals surface area contributed by atoms with E-state index >= 15 is 0 Å². The van der Waals surface area contributed by atoms with Gasteiger partial charge in [-0.15, -0.1) is 0 Å². The summed E-state index contributed by atoms with van der Waals surface area (Å²) in [5, 5.41) is 15.1. The molecule has 3 fully saturated rings. The van der Waals surface area contributed by atoms with Crippen molar-refractivity contribution in [3.63, 3.8) is 0 Å². The fraction of sp³-hybridized carbons (Fsp3) is 0.519. The van der Waals surface area contributed by atoms with Crippen molar-refractivity contribution >= 4 is 5.91 Å². The van der Waals surface area contributed by atoms with Crippen molar-refractivity contribution in [3.05, 3.63) is 71.8 Å². The van der Waals surface area contributed by atoms with E-state index < -0.39 is 5.60 Å². The number of carbonyl (C=O) groups is 1. The summed E-state index contributed by atoms with van der Waals surface area (Å²) < 4.78 is 0. The second kappa shape index (κ2) is 8.40. The summed E-state index contributed by atoms with van der Waals surface area (Å²) in [6.45, 7) is 4.29. The minimum absolute atomic E-state index is 0.00292. The van der Waals surface area contributed by atoms with Gasteiger partial charge in [-0.1, -0.05) is 79.9 Å². The zero-order valence-corrected chi connectivity index (χ0v) is 18.4. The lowest BCUT2D eigenvalue weighted by Gasteiger charge is -2.38. The lowest BCUT2D eigenvalue weighted by Crippen LogP contribution is -2.52. The molecule has 1 heterocycles. The van der Waals surface area contributed by atoms with Gasteiger partial charge in [-0.05, 0) is 42.7 Å². The van der Waals surface area contributed by atoms with E-state index in [1.807, 2.05) is 30.3 Å². The molecular formula is C27H34N2O2. The molecule has 2 saturated carbocycles. The number of aliphatic hydroxyl groups is 1. The number of likely N-dealkylation sites (tertiary alicyclic amines) is 1. The van der Waals surface area contributed by atoms with Gasteiger partial charge in [0.1, 0.15) is 0 Å². The second-order valence-corrected chi connectivity index (χ2v) is 9.83. The minimum Gasteiger partial charge on any atom is -0.375 e. The molecule has 164 valence electrons. The molecule has 0 radical (unpaired) electrons. The van der Waals surface area contributed by atoms with E-state index in [2.05, 4.69) is 47.5 Å². The van der Waals surface area contributed by atoms with Gasteiger partial charge < -0.3 is 10.4 Å². The Morgan fingerprint density at radius 2 is 1.55 bits per heavy atom. The average Bonchev–Trinajstić information content (AvgIpc) is 3.26. The molecule has 2 aromatic rings. The van der Waals surface area contributed by atoms with Gasteiger partial charge in [0.15, 0.2) is 5.60 Å². The third-order valence-corrected chi connectivity index (χ3v) is 8.11. The number of nitrogens with zero attached hydrogens (tertiary/aromatic N) is 1. The number of hydrogen-bond acceptors (Lipinski definition) is 3. The highest BCUT2D eigenvalue weighted by Crippen LogP contribution is 2.49. The van der Waals surface area contributed by atoms with Gasteiger partial charge in [0.2, 0.25) is 0 Å². The van der Waals surface area contributed by atoms with Crippen molar-refractivity contribution in [3.8, 4) is 0 Å². The van der Waals surface area contributed by atoms with Crippen LogP contribution in [-0.4, -0.2) is 35.0 Å². The number of carbonyl (C=O) groups excluding carboxylic acids is 1. The quantitative estimate of drug-likeness (QED) is 0.737. The Bertz CT molecular complexity index is 884. The third-order valence-electron chi connectivity index (χ3n) is 8.11. The van der Waals surface area contributed by atoms with Crippen molar-refractivity contribution in [1.29, 1.82) is 0 Å². The Morgan fingerprint density at radius 3 is 2.16 bits per heavy atom. The Labute approximate surface area is 185 Å². The Kier molecular flexibility index (Phi) is 5.61. The first-order valence-electron chi connectivity index (χ1n) is 12.0. The summed E-state index contributed by atoms with van der Waals surface area (Å²) in [6, 6.07) is 20.8. The number of rotatable bonds is 6. The highest BCUT2D eigenvalue weighted by molar-refractivity contribution is 5.87. The SMILES string of the molecule is CC(c1ccccc1)N1CC2C(C1)C2NC(=O)C(O)(c1ccccc1)C1CCCCC1. The van der Waals surface area contributed by atoms with Crippen LogP contribution in [0, 0.1) is 17.8 Å². The van der Waals surface area contributed by atoms with E-state index in [1.165, 1.54) is 12.0 Å². The summed E-state index contributed by atoms with van der Waals surface area (Å²) in [5.74, 6) is 0.812. The molecule has 31 heavy (non-hydrogen) atoms. The lowest BCUT2D eigenvalue weighted by atomic mass is 9.73. The molecule has 2 aromatic carbocycles. The van der Waals surface area contributed by atoms with Crippen LogP contribution in [0.5, 0.6) is 0 Å². The van der Waals surface area contributed by atoms with Crippen LogP contribution in [-0.2, 0) is 10.4 Å². The predicted octanol–water partition coefficient (Wildman–Crippen LogP) is 4.26. The number of benzene rings is 2. The van der Waals surface area contributed by atoms with Gasteiger partial charge in [0.25, 0.3) is 5.91 Å². The van der Waals surface area contributed by atoms with E-state index in [4.69, 9.17) is 0 Å². The average molecular weight is 419 g/mol. The largest absolute Gasteiger partial charge is 0.375 e. The summed E-state index contributed by atoms with van der Waals surface area (Å²) in [5.41, 5.74) is 0.667. The van der Waals surface area contributed by atoms with Gasteiger partial charge in [0.05, 0.1) is 0 Å². The van der Waals surface area contributed by atoms with E-state index in [-0.39, 0.29) is 17.9 Å². The van der Waals surface area contributed by atoms with Crippen LogP contribution in [0.1, 0.15) is 56.2 Å². The van der Waals surface area contributed by atoms with Crippen LogP contribution in [0.15, 0.2) is 60.7 Å². The zero-order chi connectivity index (χ0) is 21.4. The molecular weight excluding hydrogens is 384 g/mol. The molecule has 3 aliphatic rings. The molecule has 5 rings (SSSR count). The normalized spacial score (nSPS) is 29.0. The zero-order valence-electron chi connectivity index (χ0n) is 18.4. The molecule has 4 unspecified atom stereocenters. The van der Waals surface area contributed by atoms with Crippen LogP contribution in [0.2, 0.25) is 0 Å². The minimum atomic E-state index is -1.42. The van der Waals surface area contributed by atoms with Crippen LogP contribution < -0.4 is 5.32 Å². The van der Waals surface area contributed by atoms with Crippen LogP contribution in [0.25, 0.3) is 0 Å². The van der Waals surface area contributed by atoms with Crippen molar-refractivity contribution < 1.29 is 9.90 Å². The second-order valence-electron chi connectivity index (χ2n) is 9.83. The Hall–Kier alpha value is -2.17. The number of nitrogens with one attached hydrogen (secondary N) is 1. The molecule has 4 atom stereocenters. The first-order chi connectivity index (χ1) is 15.1. The Morgan fingerprint density at radius 1 is 0.968 bits per heavy atom. The van der Waals surface area contributed by atoms with E-state index in [9.17, 15) is 9.90 Å². The molecule has 1 aliphatic heterocycles. The standard InChI is InChI=1S/C27H34N2O2/c1-19(20-11-5-2-6-12-20)29-17-23-24(18-29)25(23)28-26(30)27(31,21-13-7-3-8-14-21)22-15-9-4-10-16-22/h2-3,5-8,11-14,19,22-25,31H,4,9-10,15-18H2,1H3,(H,28,30). The third kappa shape index (κ3) is 3.81. The summed E-state index contributed by atoms with van der Waals surface area (Å²) >= 11 is 0. The molecule has 4 nitrogen and oxygen atoms in total. The van der Waals surface area contributed by atoms with Crippen molar-refractivity contribution in [2.45, 2.75) is 56.7 Å². The van der Waals surface area contributed by atoms with Crippen molar-refractivity contribution in [2.75, 3.05) is 13.1 Å². The topological polar surface area (TPSA) is 52.6 Å². The van der Waals surface area contributed by atoms with Gasteiger partial charge in [-0.25, -0.2) is 0 Å². The fourth-order valence-corrected chi connectivity index (χ4v) is 6.06. The number of hydrogen-bond donors (Lipinski definition) is 2. The van der Waals surface area contributed by atoms with E-state index in [1.54, 1.807) is 0 Å². The molecule has 1 amide bonds. The van der Waals surface area contributed by atoms with Crippen molar-refractivity contribution in [1.82, 2.24) is 10.2 Å². The van der Waals surface area contributed by atoms with Gasteiger partial charge in [-0.3, -0.25) is 9.69 Å². The molecule has 4 heteroatoms. The predicted molar refractivity (Wildman–Crippen MR) is 122 cm³/mol. The highest BCUT2D eigenvalue weighted by atomic mass is 16.3. The summed E-state index contributed by atoms with van der Waals surface area (Å²) in [4.78, 5) is 16.0. The smallest absolute Gasteiger partial charge is 0.257 e. The Balaban J connectivity index is 1.26. The van der Waals surface area contributed by atoms with Crippen LogP contribution in [0.3, 0.4) is 0 Å².